The van der Waals surface area contributed by atoms with E-state index < -0.39 is 17.8 Å². The van der Waals surface area contributed by atoms with E-state index in [1.165, 1.54) is 24.3 Å². The molecular weight excluding hydrogens is 403 g/mol. The van der Waals surface area contributed by atoms with Gasteiger partial charge < -0.3 is 5.11 Å². The Kier molecular flexibility index (Phi) is 4.91. The zero-order valence-electron chi connectivity index (χ0n) is 12.8. The maximum atomic E-state index is 12.7. The van der Waals surface area contributed by atoms with E-state index in [4.69, 9.17) is 34.8 Å². The Bertz CT molecular complexity index is 988. The zero-order valence-corrected chi connectivity index (χ0v) is 15.1. The number of amides is 4. The molecule has 0 radical (unpaired) electrons. The Morgan fingerprint density at radius 2 is 1.73 bits per heavy atom. The summed E-state index contributed by atoms with van der Waals surface area (Å²) in [6.45, 7) is 0. The van der Waals surface area contributed by atoms with Gasteiger partial charge in [-0.05, 0) is 36.4 Å². The molecule has 1 aliphatic heterocycles. The van der Waals surface area contributed by atoms with Crippen LogP contribution in [0.1, 0.15) is 5.56 Å². The largest absolute Gasteiger partial charge is 0.506 e. The molecule has 2 aromatic carbocycles. The second-order valence-corrected chi connectivity index (χ2v) is 6.54. The summed E-state index contributed by atoms with van der Waals surface area (Å²) >= 11 is 17.6. The number of barbiturate groups is 1. The molecule has 9 heteroatoms. The van der Waals surface area contributed by atoms with Gasteiger partial charge in [0.2, 0.25) is 0 Å². The van der Waals surface area contributed by atoms with Crippen molar-refractivity contribution in [2.45, 2.75) is 0 Å². The number of anilines is 1. The van der Waals surface area contributed by atoms with E-state index >= 15 is 0 Å². The molecule has 3 rings (SSSR count). The SMILES string of the molecule is O=C1NC(=O)N(c2cccc(Cl)c2)C(=O)/C1=C/c1cc(Cl)cc(Cl)c1O. The van der Waals surface area contributed by atoms with Gasteiger partial charge in [0.1, 0.15) is 11.3 Å². The summed E-state index contributed by atoms with van der Waals surface area (Å²) in [5, 5.41) is 12.5. The number of hydrogen-bond donors (Lipinski definition) is 2. The van der Waals surface area contributed by atoms with Crippen molar-refractivity contribution in [2.75, 3.05) is 4.90 Å². The van der Waals surface area contributed by atoms with Gasteiger partial charge in [0.15, 0.2) is 0 Å². The predicted molar refractivity (Wildman–Crippen MR) is 98.6 cm³/mol. The van der Waals surface area contributed by atoms with E-state index in [2.05, 4.69) is 5.32 Å². The molecule has 0 aromatic heterocycles. The molecule has 4 amide bonds. The van der Waals surface area contributed by atoms with E-state index in [0.717, 1.165) is 11.0 Å². The number of carbonyl (C=O) groups excluding carboxylic acids is 3. The molecule has 1 saturated heterocycles. The standard InChI is InChI=1S/C17H9Cl3N2O4/c18-9-2-1-3-11(6-9)22-16(25)12(15(24)21-17(22)26)5-8-4-10(19)7-13(20)14(8)23/h1-7,23H,(H,21,24,26)/b12-5+. The fraction of sp³-hybridized carbons (Fsp3) is 0. The number of urea groups is 1. The highest BCUT2D eigenvalue weighted by atomic mass is 35.5. The molecule has 26 heavy (non-hydrogen) atoms. The minimum atomic E-state index is -0.909. The number of carbonyl (C=O) groups is 3. The minimum Gasteiger partial charge on any atom is -0.506 e. The van der Waals surface area contributed by atoms with Gasteiger partial charge in [-0.2, -0.15) is 0 Å². The summed E-state index contributed by atoms with van der Waals surface area (Å²) in [6.07, 6.45) is 1.11. The lowest BCUT2D eigenvalue weighted by Gasteiger charge is -2.26. The number of nitrogens with one attached hydrogen (secondary N) is 1. The Morgan fingerprint density at radius 1 is 1.00 bits per heavy atom. The van der Waals surface area contributed by atoms with Crippen molar-refractivity contribution in [1.29, 1.82) is 0 Å². The van der Waals surface area contributed by atoms with Crippen LogP contribution in [0.2, 0.25) is 15.1 Å². The molecule has 0 unspecified atom stereocenters. The van der Waals surface area contributed by atoms with Crippen LogP contribution in [0.25, 0.3) is 6.08 Å². The molecule has 1 heterocycles. The molecule has 1 aliphatic rings. The topological polar surface area (TPSA) is 86.7 Å². The van der Waals surface area contributed by atoms with Crippen LogP contribution in [-0.4, -0.2) is 23.0 Å². The smallest absolute Gasteiger partial charge is 0.335 e. The predicted octanol–water partition coefficient (Wildman–Crippen LogP) is 4.02. The van der Waals surface area contributed by atoms with Crippen molar-refractivity contribution in [3.05, 3.63) is 62.6 Å². The van der Waals surface area contributed by atoms with E-state index in [9.17, 15) is 19.5 Å². The Morgan fingerprint density at radius 3 is 2.42 bits per heavy atom. The molecule has 132 valence electrons. The monoisotopic (exact) mass is 410 g/mol. The molecule has 0 bridgehead atoms. The lowest BCUT2D eigenvalue weighted by Crippen LogP contribution is -2.54. The molecule has 1 fully saturated rings. The highest BCUT2D eigenvalue weighted by Gasteiger charge is 2.37. The van der Waals surface area contributed by atoms with E-state index in [-0.39, 0.29) is 32.6 Å². The Labute approximate surface area is 162 Å². The first-order chi connectivity index (χ1) is 12.3. The van der Waals surface area contributed by atoms with Crippen molar-refractivity contribution in [3.63, 3.8) is 0 Å². The average molecular weight is 412 g/mol. The summed E-state index contributed by atoms with van der Waals surface area (Å²) in [6, 6.07) is 7.76. The lowest BCUT2D eigenvalue weighted by atomic mass is 10.1. The maximum absolute atomic E-state index is 12.7. The van der Waals surface area contributed by atoms with Crippen molar-refractivity contribution >= 4 is 64.4 Å². The summed E-state index contributed by atoms with van der Waals surface area (Å²) in [5.74, 6) is -2.14. The molecule has 6 nitrogen and oxygen atoms in total. The molecule has 2 N–H and O–H groups in total. The number of hydrogen-bond acceptors (Lipinski definition) is 4. The van der Waals surface area contributed by atoms with Crippen LogP contribution in [0.4, 0.5) is 10.5 Å². The number of nitrogens with zero attached hydrogens (tertiary/aromatic N) is 1. The first kappa shape index (κ1) is 18.3. The number of aromatic hydroxyl groups is 1. The van der Waals surface area contributed by atoms with Gasteiger partial charge in [0.25, 0.3) is 11.8 Å². The third-order valence-electron chi connectivity index (χ3n) is 3.53. The lowest BCUT2D eigenvalue weighted by molar-refractivity contribution is -0.122. The Balaban J connectivity index is 2.09. The van der Waals surface area contributed by atoms with Crippen LogP contribution < -0.4 is 10.2 Å². The van der Waals surface area contributed by atoms with E-state index in [1.807, 2.05) is 0 Å². The maximum Gasteiger partial charge on any atom is 0.335 e. The highest BCUT2D eigenvalue weighted by Crippen LogP contribution is 2.33. The van der Waals surface area contributed by atoms with Crippen LogP contribution in [0.3, 0.4) is 0 Å². The van der Waals surface area contributed by atoms with Crippen molar-refractivity contribution < 1.29 is 19.5 Å². The van der Waals surface area contributed by atoms with E-state index in [1.54, 1.807) is 12.1 Å². The fourth-order valence-electron chi connectivity index (χ4n) is 2.36. The number of phenolic OH excluding ortho intramolecular Hbond substituents is 1. The molecule has 0 aliphatic carbocycles. The highest BCUT2D eigenvalue weighted by molar-refractivity contribution is 6.40. The minimum absolute atomic E-state index is 0.0456. The quantitative estimate of drug-likeness (QED) is 0.577. The molecule has 0 atom stereocenters. The normalized spacial score (nSPS) is 16.2. The first-order valence-electron chi connectivity index (χ1n) is 7.13. The number of halogens is 3. The summed E-state index contributed by atoms with van der Waals surface area (Å²) in [7, 11) is 0. The number of benzene rings is 2. The van der Waals surface area contributed by atoms with Gasteiger partial charge >= 0.3 is 6.03 Å². The summed E-state index contributed by atoms with van der Waals surface area (Å²) in [4.78, 5) is 37.7. The van der Waals surface area contributed by atoms with Crippen LogP contribution in [0.15, 0.2) is 42.0 Å². The second kappa shape index (κ2) is 6.99. The number of phenols is 1. The molecule has 2 aromatic rings. The molecule has 0 saturated carbocycles. The van der Waals surface area contributed by atoms with Crippen LogP contribution in [-0.2, 0) is 9.59 Å². The van der Waals surface area contributed by atoms with Gasteiger partial charge in [0.05, 0.1) is 10.7 Å². The number of imide groups is 2. The van der Waals surface area contributed by atoms with Crippen molar-refractivity contribution in [1.82, 2.24) is 5.32 Å². The van der Waals surface area contributed by atoms with Gasteiger partial charge in [-0.25, -0.2) is 9.69 Å². The third kappa shape index (κ3) is 3.39. The van der Waals surface area contributed by atoms with Crippen molar-refractivity contribution in [3.8, 4) is 5.75 Å². The van der Waals surface area contributed by atoms with Gasteiger partial charge in [-0.3, -0.25) is 14.9 Å². The third-order valence-corrected chi connectivity index (χ3v) is 4.27. The Hall–Kier alpha value is -2.54. The van der Waals surface area contributed by atoms with Crippen molar-refractivity contribution in [2.24, 2.45) is 0 Å². The van der Waals surface area contributed by atoms with Crippen LogP contribution >= 0.6 is 34.8 Å². The van der Waals surface area contributed by atoms with Gasteiger partial charge in [0, 0.05) is 15.6 Å². The summed E-state index contributed by atoms with van der Waals surface area (Å²) < 4.78 is 0. The zero-order chi connectivity index (χ0) is 19.0. The van der Waals surface area contributed by atoms with Gasteiger partial charge in [-0.15, -0.1) is 0 Å². The first-order valence-corrected chi connectivity index (χ1v) is 8.26. The second-order valence-electron chi connectivity index (χ2n) is 5.26. The van der Waals surface area contributed by atoms with E-state index in [0.29, 0.717) is 5.02 Å². The fourth-order valence-corrected chi connectivity index (χ4v) is 3.05. The van der Waals surface area contributed by atoms with Crippen LogP contribution in [0.5, 0.6) is 5.75 Å². The number of rotatable bonds is 2. The van der Waals surface area contributed by atoms with Crippen LogP contribution in [0, 0.1) is 0 Å². The average Bonchev–Trinajstić information content (AvgIpc) is 2.55. The summed E-state index contributed by atoms with van der Waals surface area (Å²) in [5.41, 5.74) is -0.133. The molecular formula is C17H9Cl3N2O4. The van der Waals surface area contributed by atoms with Gasteiger partial charge in [-0.1, -0.05) is 40.9 Å². The molecule has 0 spiro atoms.